The number of nitrogens with zero attached hydrogens (tertiary/aromatic N) is 2. The summed E-state index contributed by atoms with van der Waals surface area (Å²) in [5.74, 6) is 5.63. The van der Waals surface area contributed by atoms with E-state index in [1.807, 2.05) is 48.3 Å². The van der Waals surface area contributed by atoms with Crippen LogP contribution in [0.1, 0.15) is 17.7 Å². The van der Waals surface area contributed by atoms with Gasteiger partial charge >= 0.3 is 0 Å². The third-order valence-electron chi connectivity index (χ3n) is 3.33. The Hall–Kier alpha value is -1.36. The summed E-state index contributed by atoms with van der Waals surface area (Å²) in [5.41, 5.74) is 5.20. The Kier molecular flexibility index (Phi) is 4.96. The van der Waals surface area contributed by atoms with E-state index in [1.165, 1.54) is 5.69 Å². The molecular formula is C14H19ClN4. The Morgan fingerprint density at radius 1 is 1.37 bits per heavy atom. The maximum Gasteiger partial charge on any atom is 0.0492 e. The standard InChI is InChI=1S/C14H19ClN4/c1-19-13(8-9-17-19)7-6-12(18-16)10-11-4-2-3-5-14(11)15/h2-5,8-9,12,18H,6-7,10,16H2,1H3. The molecule has 0 aliphatic rings. The molecule has 1 aromatic heterocycles. The maximum absolute atomic E-state index is 6.17. The zero-order chi connectivity index (χ0) is 13.7. The highest BCUT2D eigenvalue weighted by atomic mass is 35.5. The number of nitrogens with two attached hydrogens (primary N) is 1. The summed E-state index contributed by atoms with van der Waals surface area (Å²) in [5, 5.41) is 4.96. The summed E-state index contributed by atoms with van der Waals surface area (Å²) in [6.07, 6.45) is 4.53. The minimum atomic E-state index is 0.204. The quantitative estimate of drug-likeness (QED) is 0.628. The molecule has 0 amide bonds. The molecule has 2 aromatic rings. The van der Waals surface area contributed by atoms with E-state index < -0.39 is 0 Å². The number of nitrogens with one attached hydrogen (secondary N) is 1. The van der Waals surface area contributed by atoms with Gasteiger partial charge in [0.25, 0.3) is 0 Å². The van der Waals surface area contributed by atoms with Gasteiger partial charge in [-0.05, 0) is 37.0 Å². The predicted molar refractivity (Wildman–Crippen MR) is 77.8 cm³/mol. The summed E-state index contributed by atoms with van der Waals surface area (Å²) < 4.78 is 1.89. The number of hydrogen-bond acceptors (Lipinski definition) is 3. The number of hydrogen-bond donors (Lipinski definition) is 2. The lowest BCUT2D eigenvalue weighted by Gasteiger charge is -2.16. The van der Waals surface area contributed by atoms with Crippen LogP contribution in [0.3, 0.4) is 0 Å². The summed E-state index contributed by atoms with van der Waals surface area (Å²) in [4.78, 5) is 0. The minimum absolute atomic E-state index is 0.204. The molecule has 19 heavy (non-hydrogen) atoms. The van der Waals surface area contributed by atoms with E-state index in [0.717, 1.165) is 29.8 Å². The second-order valence-electron chi connectivity index (χ2n) is 4.64. The van der Waals surface area contributed by atoms with Gasteiger partial charge in [0.15, 0.2) is 0 Å². The Morgan fingerprint density at radius 2 is 2.16 bits per heavy atom. The van der Waals surface area contributed by atoms with Crippen molar-refractivity contribution in [3.05, 3.63) is 52.8 Å². The molecule has 1 heterocycles. The van der Waals surface area contributed by atoms with Gasteiger partial charge in [-0.1, -0.05) is 29.8 Å². The smallest absolute Gasteiger partial charge is 0.0492 e. The van der Waals surface area contributed by atoms with Gasteiger partial charge in [-0.2, -0.15) is 5.10 Å². The third-order valence-corrected chi connectivity index (χ3v) is 3.70. The number of aryl methyl sites for hydroxylation is 2. The molecule has 0 spiro atoms. The first-order valence-corrected chi connectivity index (χ1v) is 6.75. The van der Waals surface area contributed by atoms with E-state index in [2.05, 4.69) is 10.5 Å². The van der Waals surface area contributed by atoms with Crippen LogP contribution in [0.25, 0.3) is 0 Å². The van der Waals surface area contributed by atoms with E-state index in [0.29, 0.717) is 0 Å². The number of rotatable bonds is 6. The molecule has 0 radical (unpaired) electrons. The number of halogens is 1. The van der Waals surface area contributed by atoms with Crippen molar-refractivity contribution in [3.8, 4) is 0 Å². The van der Waals surface area contributed by atoms with Gasteiger partial charge in [-0.25, -0.2) is 0 Å². The zero-order valence-electron chi connectivity index (χ0n) is 11.0. The summed E-state index contributed by atoms with van der Waals surface area (Å²) in [6, 6.07) is 10.1. The highest BCUT2D eigenvalue weighted by molar-refractivity contribution is 6.31. The number of hydrazine groups is 1. The molecule has 2 rings (SSSR count). The van der Waals surface area contributed by atoms with Crippen molar-refractivity contribution in [1.82, 2.24) is 15.2 Å². The van der Waals surface area contributed by atoms with E-state index in [4.69, 9.17) is 17.4 Å². The van der Waals surface area contributed by atoms with Crippen LogP contribution in [0.15, 0.2) is 36.5 Å². The van der Waals surface area contributed by atoms with Gasteiger partial charge in [0, 0.05) is 30.0 Å². The van der Waals surface area contributed by atoms with Crippen LogP contribution in [0.2, 0.25) is 5.02 Å². The van der Waals surface area contributed by atoms with Crippen molar-refractivity contribution in [3.63, 3.8) is 0 Å². The summed E-state index contributed by atoms with van der Waals surface area (Å²) >= 11 is 6.17. The largest absolute Gasteiger partial charge is 0.273 e. The van der Waals surface area contributed by atoms with Crippen molar-refractivity contribution >= 4 is 11.6 Å². The molecule has 0 saturated carbocycles. The lowest BCUT2D eigenvalue weighted by Crippen LogP contribution is -2.37. The number of benzene rings is 1. The highest BCUT2D eigenvalue weighted by Gasteiger charge is 2.11. The molecule has 1 unspecified atom stereocenters. The molecule has 0 bridgehead atoms. The molecule has 4 nitrogen and oxygen atoms in total. The van der Waals surface area contributed by atoms with Crippen molar-refractivity contribution in [2.75, 3.05) is 0 Å². The molecule has 5 heteroatoms. The van der Waals surface area contributed by atoms with Crippen molar-refractivity contribution in [2.45, 2.75) is 25.3 Å². The SMILES string of the molecule is Cn1nccc1CCC(Cc1ccccc1Cl)NN. The molecular weight excluding hydrogens is 260 g/mol. The van der Waals surface area contributed by atoms with Crippen LogP contribution in [0, 0.1) is 0 Å². The van der Waals surface area contributed by atoms with Crippen LogP contribution in [-0.4, -0.2) is 15.8 Å². The summed E-state index contributed by atoms with van der Waals surface area (Å²) in [7, 11) is 1.95. The Morgan fingerprint density at radius 3 is 2.79 bits per heavy atom. The molecule has 3 N–H and O–H groups in total. The van der Waals surface area contributed by atoms with Crippen LogP contribution in [0.5, 0.6) is 0 Å². The Labute approximate surface area is 118 Å². The molecule has 102 valence electrons. The van der Waals surface area contributed by atoms with Crippen LogP contribution >= 0.6 is 11.6 Å². The molecule has 1 aromatic carbocycles. The fourth-order valence-corrected chi connectivity index (χ4v) is 2.36. The van der Waals surface area contributed by atoms with E-state index in [-0.39, 0.29) is 6.04 Å². The fraction of sp³-hybridized carbons (Fsp3) is 0.357. The van der Waals surface area contributed by atoms with Gasteiger partial charge in [-0.3, -0.25) is 16.0 Å². The van der Waals surface area contributed by atoms with Crippen molar-refractivity contribution in [2.24, 2.45) is 12.9 Å². The second-order valence-corrected chi connectivity index (χ2v) is 5.05. The Bertz CT molecular complexity index is 524. The average molecular weight is 279 g/mol. The van der Waals surface area contributed by atoms with E-state index >= 15 is 0 Å². The molecule has 0 aliphatic heterocycles. The first-order valence-electron chi connectivity index (χ1n) is 6.37. The monoisotopic (exact) mass is 278 g/mol. The van der Waals surface area contributed by atoms with Gasteiger partial charge in [0.05, 0.1) is 0 Å². The fourth-order valence-electron chi connectivity index (χ4n) is 2.14. The first-order chi connectivity index (χ1) is 9.20. The number of aromatic nitrogens is 2. The van der Waals surface area contributed by atoms with Crippen LogP contribution < -0.4 is 11.3 Å². The van der Waals surface area contributed by atoms with Gasteiger partial charge in [-0.15, -0.1) is 0 Å². The second kappa shape index (κ2) is 6.70. The van der Waals surface area contributed by atoms with Crippen LogP contribution in [-0.2, 0) is 19.9 Å². The predicted octanol–water partition coefficient (Wildman–Crippen LogP) is 2.08. The molecule has 0 fully saturated rings. The Balaban J connectivity index is 1.94. The van der Waals surface area contributed by atoms with Gasteiger partial charge < -0.3 is 0 Å². The van der Waals surface area contributed by atoms with Gasteiger partial charge in [0.1, 0.15) is 0 Å². The molecule has 0 saturated heterocycles. The minimum Gasteiger partial charge on any atom is -0.273 e. The average Bonchev–Trinajstić information content (AvgIpc) is 2.82. The first kappa shape index (κ1) is 14.1. The topological polar surface area (TPSA) is 55.9 Å². The van der Waals surface area contributed by atoms with Crippen LogP contribution in [0.4, 0.5) is 0 Å². The lowest BCUT2D eigenvalue weighted by molar-refractivity contribution is 0.484. The van der Waals surface area contributed by atoms with E-state index in [1.54, 1.807) is 0 Å². The maximum atomic E-state index is 6.17. The normalized spacial score (nSPS) is 12.6. The van der Waals surface area contributed by atoms with Crippen molar-refractivity contribution in [1.29, 1.82) is 0 Å². The van der Waals surface area contributed by atoms with E-state index in [9.17, 15) is 0 Å². The third kappa shape index (κ3) is 3.80. The molecule has 1 atom stereocenters. The molecule has 0 aliphatic carbocycles. The van der Waals surface area contributed by atoms with Crippen molar-refractivity contribution < 1.29 is 0 Å². The lowest BCUT2D eigenvalue weighted by atomic mass is 10.0. The summed E-state index contributed by atoms with van der Waals surface area (Å²) in [6.45, 7) is 0. The van der Waals surface area contributed by atoms with Gasteiger partial charge in [0.2, 0.25) is 0 Å². The zero-order valence-corrected chi connectivity index (χ0v) is 11.8. The highest BCUT2D eigenvalue weighted by Crippen LogP contribution is 2.18.